The molecule has 0 spiro atoms. The van der Waals surface area contributed by atoms with Crippen molar-refractivity contribution in [3.63, 3.8) is 0 Å². The zero-order valence-corrected chi connectivity index (χ0v) is 9.37. The first kappa shape index (κ1) is 11.4. The van der Waals surface area contributed by atoms with Gasteiger partial charge >= 0.3 is 0 Å². The second-order valence-corrected chi connectivity index (χ2v) is 3.68. The Kier molecular flexibility index (Phi) is 3.23. The summed E-state index contributed by atoms with van der Waals surface area (Å²) in [5, 5.41) is 2.64. The molecule has 88 valence electrons. The molecule has 0 aliphatic heterocycles. The van der Waals surface area contributed by atoms with Gasteiger partial charge in [0.25, 0.3) is 0 Å². The molecule has 1 N–H and O–H groups in total. The molecule has 4 heteroatoms. The van der Waals surface area contributed by atoms with E-state index in [0.717, 1.165) is 5.56 Å². The van der Waals surface area contributed by atoms with Crippen molar-refractivity contribution < 1.29 is 13.6 Å². The Hall–Kier alpha value is -2.10. The normalized spacial score (nSPS) is 10.2. The first-order chi connectivity index (χ1) is 8.15. The Morgan fingerprint density at radius 1 is 1.24 bits per heavy atom. The third-order valence-corrected chi connectivity index (χ3v) is 2.30. The zero-order valence-electron chi connectivity index (χ0n) is 9.37. The Labute approximate surface area is 98.3 Å². The molecule has 1 aromatic carbocycles. The van der Waals surface area contributed by atoms with Gasteiger partial charge in [0.2, 0.25) is 5.91 Å². The van der Waals surface area contributed by atoms with E-state index in [1.165, 1.54) is 19.1 Å². The molecule has 0 fully saturated rings. The number of hydrogen-bond acceptors (Lipinski definition) is 2. The first-order valence-corrected chi connectivity index (χ1v) is 5.24. The summed E-state index contributed by atoms with van der Waals surface area (Å²) >= 11 is 0. The van der Waals surface area contributed by atoms with E-state index >= 15 is 0 Å². The Balaban J connectivity index is 2.12. The molecular formula is C13H12FNO2. The van der Waals surface area contributed by atoms with Crippen LogP contribution in [0.25, 0.3) is 11.3 Å². The molecule has 17 heavy (non-hydrogen) atoms. The Morgan fingerprint density at radius 3 is 2.59 bits per heavy atom. The van der Waals surface area contributed by atoms with Crippen LogP contribution in [0.4, 0.5) is 4.39 Å². The highest BCUT2D eigenvalue weighted by atomic mass is 19.1. The van der Waals surface area contributed by atoms with Crippen molar-refractivity contribution >= 4 is 5.91 Å². The largest absolute Gasteiger partial charge is 0.459 e. The van der Waals surface area contributed by atoms with E-state index in [0.29, 0.717) is 18.1 Å². The van der Waals surface area contributed by atoms with Crippen LogP contribution < -0.4 is 5.32 Å². The molecular weight excluding hydrogens is 221 g/mol. The number of furan rings is 1. The molecule has 0 unspecified atom stereocenters. The van der Waals surface area contributed by atoms with Crippen LogP contribution in [0.15, 0.2) is 40.8 Å². The molecule has 0 atom stereocenters. The van der Waals surface area contributed by atoms with Crippen LogP contribution in [-0.2, 0) is 11.3 Å². The van der Waals surface area contributed by atoms with Crippen molar-refractivity contribution in [2.24, 2.45) is 0 Å². The summed E-state index contributed by atoms with van der Waals surface area (Å²) < 4.78 is 18.3. The molecule has 0 aliphatic carbocycles. The number of carbonyl (C=O) groups is 1. The number of benzene rings is 1. The summed E-state index contributed by atoms with van der Waals surface area (Å²) in [6.07, 6.45) is 0. The van der Waals surface area contributed by atoms with E-state index in [4.69, 9.17) is 4.42 Å². The molecule has 0 bridgehead atoms. The zero-order chi connectivity index (χ0) is 12.3. The molecule has 2 rings (SSSR count). The Morgan fingerprint density at radius 2 is 1.94 bits per heavy atom. The number of amides is 1. The standard InChI is InChI=1S/C13H12FNO2/c1-9(16)15-8-12-6-7-13(17-12)10-2-4-11(14)5-3-10/h2-7H,8H2,1H3,(H,15,16). The average Bonchev–Trinajstić information content (AvgIpc) is 2.76. The summed E-state index contributed by atoms with van der Waals surface area (Å²) in [4.78, 5) is 10.7. The van der Waals surface area contributed by atoms with E-state index in [9.17, 15) is 9.18 Å². The van der Waals surface area contributed by atoms with Crippen LogP contribution in [0.1, 0.15) is 12.7 Å². The molecule has 0 saturated carbocycles. The molecule has 0 aliphatic rings. The van der Waals surface area contributed by atoms with Crippen LogP contribution in [0.2, 0.25) is 0 Å². The van der Waals surface area contributed by atoms with E-state index in [-0.39, 0.29) is 11.7 Å². The van der Waals surface area contributed by atoms with Crippen LogP contribution in [-0.4, -0.2) is 5.91 Å². The van der Waals surface area contributed by atoms with Gasteiger partial charge in [-0.15, -0.1) is 0 Å². The van der Waals surface area contributed by atoms with Gasteiger partial charge in [-0.25, -0.2) is 4.39 Å². The topological polar surface area (TPSA) is 42.2 Å². The number of hydrogen-bond donors (Lipinski definition) is 1. The Bertz CT molecular complexity index is 516. The summed E-state index contributed by atoms with van der Waals surface area (Å²) in [6, 6.07) is 9.64. The van der Waals surface area contributed by atoms with Gasteiger partial charge in [-0.1, -0.05) is 0 Å². The summed E-state index contributed by atoms with van der Waals surface area (Å²) in [6.45, 7) is 1.81. The molecule has 1 aromatic heterocycles. The summed E-state index contributed by atoms with van der Waals surface area (Å²) in [7, 11) is 0. The SMILES string of the molecule is CC(=O)NCc1ccc(-c2ccc(F)cc2)o1. The first-order valence-electron chi connectivity index (χ1n) is 5.24. The minimum atomic E-state index is -0.279. The highest BCUT2D eigenvalue weighted by Gasteiger charge is 2.05. The van der Waals surface area contributed by atoms with E-state index in [1.54, 1.807) is 24.3 Å². The van der Waals surface area contributed by atoms with Crippen molar-refractivity contribution in [2.75, 3.05) is 0 Å². The van der Waals surface area contributed by atoms with Crippen molar-refractivity contribution in [3.05, 3.63) is 48.0 Å². The maximum Gasteiger partial charge on any atom is 0.217 e. The van der Waals surface area contributed by atoms with Gasteiger partial charge in [-0.2, -0.15) is 0 Å². The quantitative estimate of drug-likeness (QED) is 0.885. The van der Waals surface area contributed by atoms with Crippen LogP contribution in [0.3, 0.4) is 0 Å². The maximum atomic E-state index is 12.7. The van der Waals surface area contributed by atoms with E-state index < -0.39 is 0 Å². The monoisotopic (exact) mass is 233 g/mol. The van der Waals surface area contributed by atoms with Crippen LogP contribution in [0.5, 0.6) is 0 Å². The van der Waals surface area contributed by atoms with Crippen molar-refractivity contribution in [1.82, 2.24) is 5.32 Å². The average molecular weight is 233 g/mol. The fraction of sp³-hybridized carbons (Fsp3) is 0.154. The number of halogens is 1. The second-order valence-electron chi connectivity index (χ2n) is 3.68. The van der Waals surface area contributed by atoms with Gasteiger partial charge in [0, 0.05) is 12.5 Å². The van der Waals surface area contributed by atoms with Gasteiger partial charge in [0.05, 0.1) is 6.54 Å². The molecule has 3 nitrogen and oxygen atoms in total. The van der Waals surface area contributed by atoms with Gasteiger partial charge in [0.1, 0.15) is 17.3 Å². The lowest BCUT2D eigenvalue weighted by Crippen LogP contribution is -2.18. The van der Waals surface area contributed by atoms with Crippen LogP contribution in [0, 0.1) is 5.82 Å². The van der Waals surface area contributed by atoms with Crippen molar-refractivity contribution in [2.45, 2.75) is 13.5 Å². The molecule has 2 aromatic rings. The second kappa shape index (κ2) is 4.82. The predicted octanol–water partition coefficient (Wildman–Crippen LogP) is 2.72. The van der Waals surface area contributed by atoms with Gasteiger partial charge in [-0.05, 0) is 36.4 Å². The van der Waals surface area contributed by atoms with Gasteiger partial charge < -0.3 is 9.73 Å². The lowest BCUT2D eigenvalue weighted by atomic mass is 10.2. The van der Waals surface area contributed by atoms with Crippen molar-refractivity contribution in [1.29, 1.82) is 0 Å². The molecule has 1 amide bonds. The number of carbonyl (C=O) groups excluding carboxylic acids is 1. The molecule has 0 saturated heterocycles. The molecule has 1 heterocycles. The number of nitrogens with one attached hydrogen (secondary N) is 1. The lowest BCUT2D eigenvalue weighted by molar-refractivity contribution is -0.119. The fourth-order valence-electron chi connectivity index (χ4n) is 1.45. The molecule has 0 radical (unpaired) electrons. The summed E-state index contributed by atoms with van der Waals surface area (Å²) in [5.41, 5.74) is 0.806. The number of rotatable bonds is 3. The highest BCUT2D eigenvalue weighted by molar-refractivity contribution is 5.72. The van der Waals surface area contributed by atoms with E-state index in [1.807, 2.05) is 0 Å². The smallest absolute Gasteiger partial charge is 0.217 e. The fourth-order valence-corrected chi connectivity index (χ4v) is 1.45. The van der Waals surface area contributed by atoms with Crippen LogP contribution >= 0.6 is 0 Å². The third-order valence-electron chi connectivity index (χ3n) is 2.30. The van der Waals surface area contributed by atoms with Crippen molar-refractivity contribution in [3.8, 4) is 11.3 Å². The maximum absolute atomic E-state index is 12.7. The van der Waals surface area contributed by atoms with Gasteiger partial charge in [0.15, 0.2) is 0 Å². The highest BCUT2D eigenvalue weighted by Crippen LogP contribution is 2.22. The van der Waals surface area contributed by atoms with E-state index in [2.05, 4.69) is 5.32 Å². The minimum absolute atomic E-state index is 0.107. The summed E-state index contributed by atoms with van der Waals surface area (Å²) in [5.74, 6) is 0.938. The minimum Gasteiger partial charge on any atom is -0.459 e. The third kappa shape index (κ3) is 2.93. The predicted molar refractivity (Wildman–Crippen MR) is 61.6 cm³/mol. The lowest BCUT2D eigenvalue weighted by Gasteiger charge is -1.99. The van der Waals surface area contributed by atoms with Gasteiger partial charge in [-0.3, -0.25) is 4.79 Å².